The summed E-state index contributed by atoms with van der Waals surface area (Å²) in [5, 5.41) is 7.72. The fourth-order valence-corrected chi connectivity index (χ4v) is 21.8. The van der Waals surface area contributed by atoms with Crippen LogP contribution in [0.4, 0.5) is 0 Å². The van der Waals surface area contributed by atoms with E-state index in [4.69, 9.17) is 0 Å². The molecule has 4 unspecified atom stereocenters. The zero-order valence-electron chi connectivity index (χ0n) is 65.0. The van der Waals surface area contributed by atoms with Gasteiger partial charge in [0.15, 0.2) is 0 Å². The van der Waals surface area contributed by atoms with Gasteiger partial charge in [-0.3, -0.25) is 48.3 Å². The number of fused-ring (bicyclic) bond motifs is 8. The van der Waals surface area contributed by atoms with E-state index in [2.05, 4.69) is 198 Å². The number of amides is 7. The van der Waals surface area contributed by atoms with Crippen molar-refractivity contribution in [3.63, 3.8) is 0 Å². The Morgan fingerprint density at radius 1 is 0.371 bits per heavy atom. The Bertz CT molecular complexity index is 7360. The molecule has 0 radical (unpaired) electrons. The molecule has 23 rings (SSSR count). The van der Waals surface area contributed by atoms with Crippen LogP contribution in [0.1, 0.15) is 110 Å². The first-order valence-corrected chi connectivity index (χ1v) is 40.3. The van der Waals surface area contributed by atoms with Gasteiger partial charge in [-0.25, -0.2) is 0 Å². The molecular weight excluding hydrogens is 1430 g/mol. The molecule has 13 heteroatoms. The Kier molecular flexibility index (Phi) is 13.9. The van der Waals surface area contributed by atoms with Gasteiger partial charge in [-0.2, -0.15) is 0 Å². The van der Waals surface area contributed by atoms with E-state index in [1.807, 2.05) is 121 Å². The summed E-state index contributed by atoms with van der Waals surface area (Å²) in [6.07, 6.45) is 20.2. The first-order valence-electron chi connectivity index (χ1n) is 40.3. The number of carbonyl (C=O) groups is 7. The fraction of sp³-hybridized carbons (Fsp3) is 0.155. The summed E-state index contributed by atoms with van der Waals surface area (Å²) in [7, 11) is 0. The van der Waals surface area contributed by atoms with Crippen LogP contribution in [0, 0.1) is 11.8 Å². The minimum absolute atomic E-state index is 0.0808. The van der Waals surface area contributed by atoms with Crippen LogP contribution in [0.25, 0.3) is 111 Å². The number of hydrogen-bond acceptors (Lipinski definition) is 7. The van der Waals surface area contributed by atoms with Crippen molar-refractivity contribution in [2.75, 3.05) is 0 Å². The highest BCUT2D eigenvalue weighted by molar-refractivity contribution is 6.34. The third-order valence-corrected chi connectivity index (χ3v) is 26.4. The molecule has 0 fully saturated rings. The molecule has 11 aromatic rings. The van der Waals surface area contributed by atoms with Gasteiger partial charge in [0.1, 0.15) is 0 Å². The molecule has 0 bridgehead atoms. The minimum atomic E-state index is -0.807. The Labute approximate surface area is 667 Å². The predicted octanol–water partition coefficient (Wildman–Crippen LogP) is 16.2. The molecule has 9 aromatic carbocycles. The molecule has 0 saturated carbocycles. The number of imide groups is 3. The van der Waals surface area contributed by atoms with Crippen molar-refractivity contribution in [1.29, 1.82) is 0 Å². The fourth-order valence-electron chi connectivity index (χ4n) is 21.8. The van der Waals surface area contributed by atoms with E-state index in [1.165, 1.54) is 14.7 Å². The van der Waals surface area contributed by atoms with Gasteiger partial charge in [0.2, 0.25) is 5.91 Å². The molecule has 8 aliphatic carbocycles. The van der Waals surface area contributed by atoms with Gasteiger partial charge in [0.25, 0.3) is 35.4 Å². The van der Waals surface area contributed by atoms with Crippen LogP contribution in [0.3, 0.4) is 0 Å². The number of aromatic nitrogens is 2. The molecule has 4 aliphatic heterocycles. The molecule has 0 spiro atoms. The van der Waals surface area contributed by atoms with Gasteiger partial charge in [-0.1, -0.05) is 176 Å². The Hall–Kier alpha value is -13.9. The standard InChI is InChI=1S/C103H74N6O7/c1-50(2)104-54(9)61-36-37-62-64-39-44-73-89-77(102(115)106(52(5)6)100(73)113)48-75(86(91(64)89)68-41-46-70(97(104)110)83(61)84(62)68)55-28-32-57(33-29-55)81-93-66-24-16-18-26-79(66)109(60-22-14-11-15-23-60)96(93)82(94-67-25-17-19-27-80(67)108(95(81)94)59-20-12-10-13-21-59)58-34-30-56(31-35-58)76-49-78-90-74(101(114)107(53(7)8)103(78)116)45-40-65-63-38-43-71-88-72(99(112)105(51(3)4)98(71)111)47-42-69(85(63)88)87(76)92(65)90/h10-53,61,78,85,91H,9H2,1-8H3. The molecule has 12 aliphatic rings. The number of para-hydroxylation sites is 4. The first-order chi connectivity index (χ1) is 56.3. The molecule has 0 N–H and O–H groups in total. The van der Waals surface area contributed by atoms with E-state index in [0.717, 1.165) is 165 Å². The summed E-state index contributed by atoms with van der Waals surface area (Å²) in [6.45, 7) is 19.9. The Morgan fingerprint density at radius 3 is 1.41 bits per heavy atom. The van der Waals surface area contributed by atoms with E-state index in [-0.39, 0.29) is 59.4 Å². The Balaban J connectivity index is 0.776. The normalized spacial score (nSPS) is 20.6. The lowest BCUT2D eigenvalue weighted by Gasteiger charge is -2.44. The van der Waals surface area contributed by atoms with Crippen molar-refractivity contribution in [2.45, 2.75) is 91.4 Å². The van der Waals surface area contributed by atoms with Crippen LogP contribution in [0.2, 0.25) is 0 Å². The maximum Gasteiger partial charge on any atom is 0.261 e. The van der Waals surface area contributed by atoms with Crippen molar-refractivity contribution >= 4 is 118 Å². The molecular formula is C103H74N6O7. The number of rotatable bonds is 10. The van der Waals surface area contributed by atoms with Crippen LogP contribution in [-0.2, 0) is 24.0 Å². The van der Waals surface area contributed by atoms with Crippen molar-refractivity contribution in [3.8, 4) is 33.6 Å². The molecule has 4 atom stereocenters. The minimum Gasteiger partial charge on any atom is -0.309 e. The number of benzene rings is 9. The second kappa shape index (κ2) is 23.8. The molecule has 7 amide bonds. The maximum atomic E-state index is 15.4. The lowest BCUT2D eigenvalue weighted by atomic mass is 9.62. The second-order valence-corrected chi connectivity index (χ2v) is 33.5. The van der Waals surface area contributed by atoms with E-state index in [1.54, 1.807) is 0 Å². The summed E-state index contributed by atoms with van der Waals surface area (Å²) in [5.41, 5.74) is 25.6. The topological polar surface area (TPSA) is 142 Å². The summed E-state index contributed by atoms with van der Waals surface area (Å²) in [6, 6.07) is 62.8. The van der Waals surface area contributed by atoms with E-state index in [9.17, 15) is 24.0 Å². The smallest absolute Gasteiger partial charge is 0.261 e. The van der Waals surface area contributed by atoms with E-state index in [0.29, 0.717) is 50.1 Å². The third kappa shape index (κ3) is 8.60. The van der Waals surface area contributed by atoms with Gasteiger partial charge >= 0.3 is 0 Å². The van der Waals surface area contributed by atoms with Crippen LogP contribution < -0.4 is 20.9 Å². The highest BCUT2D eigenvalue weighted by Gasteiger charge is 2.52. The van der Waals surface area contributed by atoms with Gasteiger partial charge in [-0.15, -0.1) is 0 Å². The highest BCUT2D eigenvalue weighted by Crippen LogP contribution is 2.58. The molecule has 116 heavy (non-hydrogen) atoms. The predicted molar refractivity (Wildman–Crippen MR) is 455 cm³/mol. The van der Waals surface area contributed by atoms with Gasteiger partial charge < -0.3 is 14.0 Å². The number of allylic oxidation sites excluding steroid dienone is 11. The van der Waals surface area contributed by atoms with Crippen LogP contribution in [0.5, 0.6) is 0 Å². The van der Waals surface area contributed by atoms with Gasteiger partial charge in [0, 0.05) is 125 Å². The number of nitrogens with zero attached hydrogens (tertiary/aromatic N) is 6. The van der Waals surface area contributed by atoms with Crippen LogP contribution in [0.15, 0.2) is 300 Å². The van der Waals surface area contributed by atoms with Gasteiger partial charge in [0.05, 0.1) is 28.0 Å². The van der Waals surface area contributed by atoms with Gasteiger partial charge in [-0.05, 0) is 238 Å². The average Bonchev–Trinajstić information content (AvgIpc) is 1.01. The summed E-state index contributed by atoms with van der Waals surface area (Å²) in [5.74, 6) is -4.03. The van der Waals surface area contributed by atoms with Crippen LogP contribution >= 0.6 is 0 Å². The highest BCUT2D eigenvalue weighted by atomic mass is 16.2. The van der Waals surface area contributed by atoms with Crippen molar-refractivity contribution in [3.05, 3.63) is 354 Å². The summed E-state index contributed by atoms with van der Waals surface area (Å²) < 4.78 is 4.84. The molecule has 13 nitrogen and oxygen atoms in total. The number of carbonyl (C=O) groups excluding carboxylic acids is 7. The van der Waals surface area contributed by atoms with E-state index >= 15 is 9.59 Å². The van der Waals surface area contributed by atoms with Crippen molar-refractivity contribution in [1.82, 2.24) is 28.7 Å². The first kappa shape index (κ1) is 67.8. The zero-order chi connectivity index (χ0) is 78.9. The zero-order valence-corrected chi connectivity index (χ0v) is 65.0. The summed E-state index contributed by atoms with van der Waals surface area (Å²) in [4.78, 5) is 110. The Morgan fingerprint density at radius 2 is 0.853 bits per heavy atom. The SMILES string of the molecule is C=C1C2C=CC3=c4c2c(ccc4=C2C(c4ccc(-c5c6c7ccccc7n(-c7ccccc7)c6c(-c6ccc(C7=CC8C(=O)N(C(C)C)C(=O)c9ccc%10c(c98)=C7C7=CC=C8C(=O)N(C(C)C)C(=O)C9=C8C7C=%10C=C9)cc6)c6c7ccccc7n(-c7ccccc7)c56)cc4)=CC4=C5C(=CC=C3C52)C(=O)N(C(C)C)C4=O)C(=O)N1C(C)C. The molecule has 0 saturated heterocycles. The quantitative estimate of drug-likeness (QED) is 0.124. The monoisotopic (exact) mass is 1510 g/mol. The van der Waals surface area contributed by atoms with Crippen molar-refractivity contribution < 1.29 is 33.6 Å². The lowest BCUT2D eigenvalue weighted by Crippen LogP contribution is -2.54. The molecule has 2 aromatic heterocycles. The third-order valence-electron chi connectivity index (χ3n) is 26.4. The lowest BCUT2D eigenvalue weighted by molar-refractivity contribution is -0.144. The second-order valence-electron chi connectivity index (χ2n) is 33.5. The van der Waals surface area contributed by atoms with Crippen molar-refractivity contribution in [2.24, 2.45) is 11.8 Å². The largest absolute Gasteiger partial charge is 0.309 e. The molecule has 6 heterocycles. The van der Waals surface area contributed by atoms with Crippen LogP contribution in [-0.4, -0.2) is 94.3 Å². The van der Waals surface area contributed by atoms with E-state index < -0.39 is 29.8 Å². The summed E-state index contributed by atoms with van der Waals surface area (Å²) >= 11 is 0. The number of hydrogen-bond donors (Lipinski definition) is 0. The maximum absolute atomic E-state index is 15.4. The average molecular weight is 1510 g/mol. The molecule has 558 valence electrons.